The topological polar surface area (TPSA) is 122 Å². The van der Waals surface area contributed by atoms with Gasteiger partial charge >= 0.3 is 0 Å². The highest BCUT2D eigenvalue weighted by atomic mass is 19.1. The van der Waals surface area contributed by atoms with Crippen molar-refractivity contribution in [3.8, 4) is 0 Å². The molecule has 1 aromatic rings. The summed E-state index contributed by atoms with van der Waals surface area (Å²) >= 11 is 0. The predicted molar refractivity (Wildman–Crippen MR) is 67.0 cm³/mol. The van der Waals surface area contributed by atoms with E-state index in [-0.39, 0.29) is 17.7 Å². The van der Waals surface area contributed by atoms with Crippen molar-refractivity contribution in [3.63, 3.8) is 0 Å². The molecule has 0 aliphatic heterocycles. The molecule has 0 fully saturated rings. The molecule has 2 atom stereocenters. The standard InChI is InChI=1S/C11H16FN3O4/c1-14-3-2-10(16)11(17)6-4-9(15(18)19)8(13)5-7(6)12/h4-5,10-11,14,16-17H,2-3,13H2,1H3. The molecule has 106 valence electrons. The fourth-order valence-electron chi connectivity index (χ4n) is 1.64. The van der Waals surface area contributed by atoms with Crippen LogP contribution in [0.2, 0.25) is 0 Å². The molecule has 5 N–H and O–H groups in total. The summed E-state index contributed by atoms with van der Waals surface area (Å²) < 4.78 is 13.6. The minimum absolute atomic E-state index is 0.176. The van der Waals surface area contributed by atoms with Gasteiger partial charge in [-0.1, -0.05) is 0 Å². The minimum atomic E-state index is -1.55. The van der Waals surface area contributed by atoms with Crippen LogP contribution in [0.15, 0.2) is 12.1 Å². The highest BCUT2D eigenvalue weighted by Crippen LogP contribution is 2.30. The number of aliphatic hydroxyl groups is 2. The van der Waals surface area contributed by atoms with Crippen LogP contribution in [0.3, 0.4) is 0 Å². The molecule has 0 saturated carbocycles. The average molecular weight is 273 g/mol. The average Bonchev–Trinajstić information content (AvgIpc) is 2.34. The molecule has 0 amide bonds. The van der Waals surface area contributed by atoms with E-state index >= 15 is 0 Å². The molecule has 8 heteroatoms. The Kier molecular flexibility index (Phi) is 5.16. The third-order valence-electron chi connectivity index (χ3n) is 2.72. The summed E-state index contributed by atoms with van der Waals surface area (Å²) in [6, 6.07) is 1.61. The number of nitrogens with two attached hydrogens (primary N) is 1. The summed E-state index contributed by atoms with van der Waals surface area (Å²) in [5.41, 5.74) is 4.13. The van der Waals surface area contributed by atoms with E-state index in [1.807, 2.05) is 0 Å². The van der Waals surface area contributed by atoms with Crippen LogP contribution in [-0.2, 0) is 0 Å². The Morgan fingerprint density at radius 1 is 1.53 bits per heavy atom. The Bertz CT molecular complexity index is 469. The fourth-order valence-corrected chi connectivity index (χ4v) is 1.64. The minimum Gasteiger partial charge on any atom is -0.393 e. The summed E-state index contributed by atoms with van der Waals surface area (Å²) in [6.07, 6.45) is -2.60. The second-order valence-corrected chi connectivity index (χ2v) is 4.09. The molecule has 0 aromatic heterocycles. The number of aliphatic hydroxyl groups excluding tert-OH is 2. The van der Waals surface area contributed by atoms with Crippen molar-refractivity contribution in [1.29, 1.82) is 0 Å². The summed E-state index contributed by atoms with van der Waals surface area (Å²) in [4.78, 5) is 9.93. The second-order valence-electron chi connectivity index (χ2n) is 4.09. The summed E-state index contributed by atoms with van der Waals surface area (Å²) in [7, 11) is 1.66. The molecule has 0 aliphatic carbocycles. The van der Waals surface area contributed by atoms with Gasteiger partial charge in [-0.05, 0) is 20.0 Å². The first-order valence-corrected chi connectivity index (χ1v) is 5.62. The van der Waals surface area contributed by atoms with Crippen LogP contribution < -0.4 is 11.1 Å². The van der Waals surface area contributed by atoms with Gasteiger partial charge in [0.2, 0.25) is 0 Å². The highest BCUT2D eigenvalue weighted by molar-refractivity contribution is 5.60. The maximum atomic E-state index is 13.6. The maximum Gasteiger partial charge on any atom is 0.292 e. The van der Waals surface area contributed by atoms with E-state index in [4.69, 9.17) is 5.73 Å². The van der Waals surface area contributed by atoms with E-state index in [1.165, 1.54) is 0 Å². The summed E-state index contributed by atoms with van der Waals surface area (Å²) in [5.74, 6) is -0.890. The first-order chi connectivity index (χ1) is 8.88. The van der Waals surface area contributed by atoms with Gasteiger partial charge in [0.05, 0.1) is 11.0 Å². The van der Waals surface area contributed by atoms with Gasteiger partial charge in [0.15, 0.2) is 0 Å². The summed E-state index contributed by atoms with van der Waals surface area (Å²) in [5, 5.41) is 32.9. The Morgan fingerprint density at radius 3 is 2.68 bits per heavy atom. The predicted octanol–water partition coefficient (Wildman–Crippen LogP) is 0.320. The van der Waals surface area contributed by atoms with Crippen LogP contribution in [0.4, 0.5) is 15.8 Å². The number of benzene rings is 1. The molecule has 0 saturated heterocycles. The fraction of sp³-hybridized carbons (Fsp3) is 0.455. The lowest BCUT2D eigenvalue weighted by atomic mass is 10.0. The van der Waals surface area contributed by atoms with Crippen LogP contribution >= 0.6 is 0 Å². The van der Waals surface area contributed by atoms with E-state index in [9.17, 15) is 24.7 Å². The highest BCUT2D eigenvalue weighted by Gasteiger charge is 2.25. The van der Waals surface area contributed by atoms with Crippen LogP contribution in [0.25, 0.3) is 0 Å². The van der Waals surface area contributed by atoms with E-state index in [2.05, 4.69) is 5.32 Å². The maximum absolute atomic E-state index is 13.6. The number of anilines is 1. The molecular weight excluding hydrogens is 257 g/mol. The van der Waals surface area contributed by atoms with E-state index in [0.717, 1.165) is 12.1 Å². The van der Waals surface area contributed by atoms with Crippen molar-refractivity contribution < 1.29 is 19.5 Å². The molecule has 0 spiro atoms. The second kappa shape index (κ2) is 6.41. The van der Waals surface area contributed by atoms with E-state index in [1.54, 1.807) is 7.05 Å². The monoisotopic (exact) mass is 273 g/mol. The van der Waals surface area contributed by atoms with Gasteiger partial charge in [0.1, 0.15) is 17.6 Å². The number of hydrogen-bond donors (Lipinski definition) is 4. The molecule has 0 radical (unpaired) electrons. The zero-order valence-corrected chi connectivity index (χ0v) is 10.3. The Labute approximate surface area is 109 Å². The van der Waals surface area contributed by atoms with Gasteiger partial charge in [-0.3, -0.25) is 10.1 Å². The van der Waals surface area contributed by atoms with Gasteiger partial charge in [-0.15, -0.1) is 0 Å². The van der Waals surface area contributed by atoms with Crippen molar-refractivity contribution in [2.24, 2.45) is 0 Å². The quantitative estimate of drug-likeness (QED) is 0.336. The smallest absolute Gasteiger partial charge is 0.292 e. The van der Waals surface area contributed by atoms with Crippen molar-refractivity contribution in [3.05, 3.63) is 33.6 Å². The zero-order chi connectivity index (χ0) is 14.6. The van der Waals surface area contributed by atoms with Crippen LogP contribution in [-0.4, -0.2) is 34.8 Å². The van der Waals surface area contributed by atoms with E-state index < -0.39 is 28.6 Å². The Morgan fingerprint density at radius 2 is 2.16 bits per heavy atom. The van der Waals surface area contributed by atoms with E-state index in [0.29, 0.717) is 6.54 Å². The van der Waals surface area contributed by atoms with Gasteiger partial charge in [-0.25, -0.2) is 4.39 Å². The number of nitro groups is 1. The van der Waals surface area contributed by atoms with Gasteiger partial charge in [-0.2, -0.15) is 0 Å². The first kappa shape index (κ1) is 15.3. The number of hydrogen-bond acceptors (Lipinski definition) is 6. The molecule has 2 unspecified atom stereocenters. The molecule has 1 aromatic carbocycles. The molecule has 1 rings (SSSR count). The van der Waals surface area contributed by atoms with Crippen molar-refractivity contribution >= 4 is 11.4 Å². The number of rotatable bonds is 6. The Balaban J connectivity index is 3.05. The van der Waals surface area contributed by atoms with Gasteiger partial charge < -0.3 is 21.3 Å². The van der Waals surface area contributed by atoms with Gasteiger partial charge in [0, 0.05) is 17.7 Å². The van der Waals surface area contributed by atoms with Crippen LogP contribution in [0, 0.1) is 15.9 Å². The van der Waals surface area contributed by atoms with Crippen LogP contribution in [0.1, 0.15) is 18.1 Å². The molecule has 7 nitrogen and oxygen atoms in total. The number of halogens is 1. The largest absolute Gasteiger partial charge is 0.393 e. The molecule has 0 heterocycles. The van der Waals surface area contributed by atoms with Crippen LogP contribution in [0.5, 0.6) is 0 Å². The SMILES string of the molecule is CNCCC(O)C(O)c1cc([N+](=O)[O-])c(N)cc1F. The number of nitrogens with one attached hydrogen (secondary N) is 1. The third kappa shape index (κ3) is 3.60. The lowest BCUT2D eigenvalue weighted by molar-refractivity contribution is -0.384. The lowest BCUT2D eigenvalue weighted by Crippen LogP contribution is -2.24. The lowest BCUT2D eigenvalue weighted by Gasteiger charge is -2.18. The number of nitrogens with zero attached hydrogens (tertiary/aromatic N) is 1. The molecule has 0 aliphatic rings. The Hall–Kier alpha value is -1.77. The summed E-state index contributed by atoms with van der Waals surface area (Å²) in [6.45, 7) is 0.414. The van der Waals surface area contributed by atoms with Crippen molar-refractivity contribution in [1.82, 2.24) is 5.32 Å². The third-order valence-corrected chi connectivity index (χ3v) is 2.72. The molecular formula is C11H16FN3O4. The number of nitrogen functional groups attached to an aromatic ring is 1. The normalized spacial score (nSPS) is 14.1. The molecule has 0 bridgehead atoms. The number of nitro benzene ring substituents is 1. The van der Waals surface area contributed by atoms with Crippen molar-refractivity contribution in [2.75, 3.05) is 19.3 Å². The molecule has 19 heavy (non-hydrogen) atoms. The zero-order valence-electron chi connectivity index (χ0n) is 10.3. The van der Waals surface area contributed by atoms with Crippen molar-refractivity contribution in [2.45, 2.75) is 18.6 Å². The first-order valence-electron chi connectivity index (χ1n) is 5.62. The van der Waals surface area contributed by atoms with Gasteiger partial charge in [0.25, 0.3) is 5.69 Å².